The Balaban J connectivity index is 1.65. The summed E-state index contributed by atoms with van der Waals surface area (Å²) >= 11 is 0. The number of carboxylic acids is 1. The lowest BCUT2D eigenvalue weighted by molar-refractivity contribution is -0.137. The normalized spacial score (nSPS) is 11.5. The summed E-state index contributed by atoms with van der Waals surface area (Å²) in [6.07, 6.45) is 1.73. The first-order chi connectivity index (χ1) is 16.0. The Hall–Kier alpha value is -4.01. The van der Waals surface area contributed by atoms with Crippen molar-refractivity contribution in [2.45, 2.75) is 25.7 Å². The molecule has 0 atom stereocenters. The predicted molar refractivity (Wildman–Crippen MR) is 124 cm³/mol. The molecule has 1 aromatic heterocycles. The summed E-state index contributed by atoms with van der Waals surface area (Å²) in [5.74, 6) is 0.989. The molecule has 0 bridgehead atoms. The first kappa shape index (κ1) is 22.2. The number of nitrogens with one attached hydrogen (secondary N) is 2. The van der Waals surface area contributed by atoms with Crippen molar-refractivity contribution in [3.8, 4) is 22.8 Å². The highest BCUT2D eigenvalue weighted by Gasteiger charge is 2.31. The van der Waals surface area contributed by atoms with Gasteiger partial charge in [0, 0.05) is 36.2 Å². The number of nitrogens with zero attached hydrogens (tertiary/aromatic N) is 2. The fraction of sp³-hybridized carbons (Fsp3) is 0.292. The van der Waals surface area contributed by atoms with Crippen LogP contribution in [-0.4, -0.2) is 47.7 Å². The highest BCUT2D eigenvalue weighted by atomic mass is 16.5. The fourth-order valence-corrected chi connectivity index (χ4v) is 3.92. The minimum Gasteiger partial charge on any atom is -0.493 e. The highest BCUT2D eigenvalue weighted by molar-refractivity contribution is 5.88. The predicted octanol–water partition coefficient (Wildman–Crippen LogP) is 4.03. The number of carbonyl (C=O) groups is 2. The highest BCUT2D eigenvalue weighted by Crippen LogP contribution is 2.45. The second-order valence-corrected chi connectivity index (χ2v) is 7.70. The molecule has 1 aliphatic carbocycles. The van der Waals surface area contributed by atoms with Gasteiger partial charge >= 0.3 is 12.0 Å². The Bertz CT molecular complexity index is 1170. The molecule has 33 heavy (non-hydrogen) atoms. The van der Waals surface area contributed by atoms with Crippen LogP contribution in [0.15, 0.2) is 42.5 Å². The fourth-order valence-electron chi connectivity index (χ4n) is 3.92. The van der Waals surface area contributed by atoms with Gasteiger partial charge in [-0.15, -0.1) is 0 Å². The maximum Gasteiger partial charge on any atom is 0.344 e. The van der Waals surface area contributed by atoms with Crippen molar-refractivity contribution in [1.29, 1.82) is 0 Å². The van der Waals surface area contributed by atoms with Crippen LogP contribution in [0.1, 0.15) is 30.4 Å². The number of unbranched alkanes of at least 4 members (excludes halogenated alkanes) is 1. The lowest BCUT2D eigenvalue weighted by atomic mass is 10.1. The molecule has 0 saturated carbocycles. The number of carbonyl (C=O) groups excluding carboxylic acids is 1. The maximum absolute atomic E-state index is 13.0. The van der Waals surface area contributed by atoms with Gasteiger partial charge in [0.2, 0.25) is 0 Å². The van der Waals surface area contributed by atoms with Crippen LogP contribution in [0, 0.1) is 0 Å². The third kappa shape index (κ3) is 4.62. The number of methoxy groups -OCH3 is 2. The van der Waals surface area contributed by atoms with E-state index in [4.69, 9.17) is 14.6 Å². The molecule has 0 radical (unpaired) electrons. The van der Waals surface area contributed by atoms with Crippen molar-refractivity contribution in [3.05, 3.63) is 53.6 Å². The van der Waals surface area contributed by atoms with Gasteiger partial charge in [-0.3, -0.25) is 4.79 Å². The van der Waals surface area contributed by atoms with Gasteiger partial charge < -0.3 is 25.2 Å². The summed E-state index contributed by atoms with van der Waals surface area (Å²) in [6.45, 7) is 0.364. The summed E-state index contributed by atoms with van der Waals surface area (Å²) in [5.41, 5.74) is 4.40. The number of hydrogen-bond donors (Lipinski definition) is 3. The zero-order valence-corrected chi connectivity index (χ0v) is 18.6. The largest absolute Gasteiger partial charge is 0.493 e. The molecule has 0 unspecified atom stereocenters. The van der Waals surface area contributed by atoms with E-state index in [0.29, 0.717) is 48.8 Å². The van der Waals surface area contributed by atoms with Gasteiger partial charge in [0.25, 0.3) is 0 Å². The summed E-state index contributed by atoms with van der Waals surface area (Å²) < 4.78 is 12.2. The van der Waals surface area contributed by atoms with Gasteiger partial charge in [0.05, 0.1) is 19.9 Å². The Kier molecular flexibility index (Phi) is 6.48. The first-order valence-corrected chi connectivity index (χ1v) is 10.7. The average Bonchev–Trinajstić information content (AvgIpc) is 3.34. The topological polar surface area (TPSA) is 115 Å². The zero-order chi connectivity index (χ0) is 23.4. The van der Waals surface area contributed by atoms with Crippen molar-refractivity contribution in [2.24, 2.45) is 0 Å². The number of carboxylic acid groups (broad SMARTS) is 1. The van der Waals surface area contributed by atoms with E-state index >= 15 is 0 Å². The van der Waals surface area contributed by atoms with E-state index < -0.39 is 5.97 Å². The maximum atomic E-state index is 13.0. The number of aliphatic carboxylic acids is 1. The molecule has 9 nitrogen and oxygen atoms in total. The van der Waals surface area contributed by atoms with E-state index in [1.54, 1.807) is 14.2 Å². The Morgan fingerprint density at radius 2 is 1.82 bits per heavy atom. The third-order valence-corrected chi connectivity index (χ3v) is 5.54. The molecule has 1 heterocycles. The van der Waals surface area contributed by atoms with Crippen LogP contribution in [0.4, 0.5) is 16.3 Å². The average molecular weight is 450 g/mol. The zero-order valence-electron chi connectivity index (χ0n) is 18.6. The molecule has 9 heteroatoms. The van der Waals surface area contributed by atoms with Gasteiger partial charge in [-0.05, 0) is 42.7 Å². The van der Waals surface area contributed by atoms with Gasteiger partial charge in [-0.1, -0.05) is 18.2 Å². The summed E-state index contributed by atoms with van der Waals surface area (Å²) in [5, 5.41) is 19.6. The number of ether oxygens (including phenoxy) is 2. The number of fused-ring (bicyclic) bond motifs is 3. The molecule has 0 fully saturated rings. The summed E-state index contributed by atoms with van der Waals surface area (Å²) in [4.78, 5) is 23.7. The van der Waals surface area contributed by atoms with Crippen LogP contribution in [0.25, 0.3) is 11.3 Å². The van der Waals surface area contributed by atoms with E-state index in [-0.39, 0.29) is 12.5 Å². The molecule has 4 rings (SSSR count). The van der Waals surface area contributed by atoms with Gasteiger partial charge in [0.15, 0.2) is 11.5 Å². The molecule has 172 valence electrons. The standard InChI is InChI=1S/C24H26N4O5/c1-32-19-13-15-12-18-22(17(15)14-20(19)33-2)27-28(23(18)26-16-8-4-3-5-9-16)24(31)25-11-7-6-10-21(29)30/h3-5,8-9,13-14,26H,6-7,10-12H2,1-2H3,(H,25,31)(H,29,30). The smallest absolute Gasteiger partial charge is 0.344 e. The van der Waals surface area contributed by atoms with E-state index in [1.807, 2.05) is 42.5 Å². The van der Waals surface area contributed by atoms with Crippen LogP contribution in [0.2, 0.25) is 0 Å². The van der Waals surface area contributed by atoms with Crippen molar-refractivity contribution in [2.75, 3.05) is 26.1 Å². The Morgan fingerprint density at radius 1 is 1.09 bits per heavy atom. The van der Waals surface area contributed by atoms with E-state index in [1.165, 1.54) is 4.68 Å². The molecule has 1 amide bonds. The van der Waals surface area contributed by atoms with Gasteiger partial charge in [-0.2, -0.15) is 9.78 Å². The minimum atomic E-state index is -0.843. The summed E-state index contributed by atoms with van der Waals surface area (Å²) in [7, 11) is 3.18. The molecule has 3 N–H and O–H groups in total. The number of amides is 1. The number of hydrogen-bond acceptors (Lipinski definition) is 6. The minimum absolute atomic E-state index is 0.0782. The summed E-state index contributed by atoms with van der Waals surface area (Å²) in [6, 6.07) is 13.0. The second-order valence-electron chi connectivity index (χ2n) is 7.70. The quantitative estimate of drug-likeness (QED) is 0.330. The lowest BCUT2D eigenvalue weighted by Crippen LogP contribution is -2.31. The molecular weight excluding hydrogens is 424 g/mol. The third-order valence-electron chi connectivity index (χ3n) is 5.54. The number of aromatic nitrogens is 2. The van der Waals surface area contributed by atoms with E-state index in [9.17, 15) is 9.59 Å². The van der Waals surface area contributed by atoms with Crippen LogP contribution >= 0.6 is 0 Å². The van der Waals surface area contributed by atoms with Gasteiger partial charge in [0.1, 0.15) is 5.82 Å². The molecule has 0 spiro atoms. The second kappa shape index (κ2) is 9.64. The monoisotopic (exact) mass is 450 g/mol. The molecule has 3 aromatic rings. The SMILES string of the molecule is COc1cc2c(cc1OC)-c1nn(C(=O)NCCCCC(=O)O)c(Nc3ccccc3)c1C2. The lowest BCUT2D eigenvalue weighted by Gasteiger charge is -2.13. The van der Waals surface area contributed by atoms with Crippen molar-refractivity contribution < 1.29 is 24.2 Å². The molecule has 2 aromatic carbocycles. The number of anilines is 2. The van der Waals surface area contributed by atoms with Crippen LogP contribution in [-0.2, 0) is 11.2 Å². The number of benzene rings is 2. The Morgan fingerprint density at radius 3 is 2.52 bits per heavy atom. The van der Waals surface area contributed by atoms with Crippen molar-refractivity contribution in [3.63, 3.8) is 0 Å². The molecule has 0 saturated heterocycles. The Labute approximate surface area is 191 Å². The van der Waals surface area contributed by atoms with Crippen molar-refractivity contribution >= 4 is 23.5 Å². The number of para-hydroxylation sites is 1. The van der Waals surface area contributed by atoms with Crippen LogP contribution in [0.3, 0.4) is 0 Å². The van der Waals surface area contributed by atoms with E-state index in [0.717, 1.165) is 22.4 Å². The van der Waals surface area contributed by atoms with Crippen LogP contribution < -0.4 is 20.1 Å². The van der Waals surface area contributed by atoms with Crippen molar-refractivity contribution in [1.82, 2.24) is 15.1 Å². The van der Waals surface area contributed by atoms with Gasteiger partial charge in [-0.25, -0.2) is 4.79 Å². The van der Waals surface area contributed by atoms with E-state index in [2.05, 4.69) is 15.7 Å². The molecule has 1 aliphatic rings. The molecular formula is C24H26N4O5. The molecule has 0 aliphatic heterocycles. The number of rotatable bonds is 9. The first-order valence-electron chi connectivity index (χ1n) is 10.7. The van der Waals surface area contributed by atoms with Crippen LogP contribution in [0.5, 0.6) is 11.5 Å².